The molecule has 2 N–H and O–H groups in total. The Morgan fingerprint density at radius 2 is 1.81 bits per heavy atom. The molecule has 1 unspecified atom stereocenters. The average molecular weight is 300 g/mol. The Morgan fingerprint density at radius 1 is 1.00 bits per heavy atom. The van der Waals surface area contributed by atoms with Crippen LogP contribution in [0, 0.1) is 0 Å². The van der Waals surface area contributed by atoms with Crippen LogP contribution in [0.1, 0.15) is 11.7 Å². The number of hydrogen-bond acceptors (Lipinski definition) is 4. The number of aliphatic hydroxyl groups excluding tert-OH is 2. The SMILES string of the molecule is OC[C@H](O)C(Oc1cccc2ccsc12)c1ccccc1. The van der Waals surface area contributed by atoms with Gasteiger partial charge in [0.2, 0.25) is 0 Å². The number of aliphatic hydroxyl groups is 2. The van der Waals surface area contributed by atoms with E-state index in [-0.39, 0.29) is 6.61 Å². The second-order valence-corrected chi connectivity index (χ2v) is 5.71. The molecular weight excluding hydrogens is 284 g/mol. The highest BCUT2D eigenvalue weighted by atomic mass is 32.1. The number of fused-ring (bicyclic) bond motifs is 1. The molecule has 0 aliphatic carbocycles. The lowest BCUT2D eigenvalue weighted by Gasteiger charge is -2.23. The van der Waals surface area contributed by atoms with Gasteiger partial charge in [0.05, 0.1) is 11.3 Å². The van der Waals surface area contributed by atoms with Gasteiger partial charge < -0.3 is 14.9 Å². The van der Waals surface area contributed by atoms with Crippen LogP contribution in [0.2, 0.25) is 0 Å². The lowest BCUT2D eigenvalue weighted by molar-refractivity contribution is -0.00116. The average Bonchev–Trinajstić information content (AvgIpc) is 3.02. The molecule has 0 aliphatic rings. The van der Waals surface area contributed by atoms with E-state index in [0.717, 1.165) is 21.4 Å². The fourth-order valence-electron chi connectivity index (χ4n) is 2.30. The van der Waals surface area contributed by atoms with Crippen LogP contribution < -0.4 is 4.74 Å². The largest absolute Gasteiger partial charge is 0.481 e. The smallest absolute Gasteiger partial charge is 0.152 e. The Hall–Kier alpha value is -1.88. The van der Waals surface area contributed by atoms with Crippen molar-refractivity contribution < 1.29 is 14.9 Å². The molecule has 1 aromatic heterocycles. The standard InChI is InChI=1S/C17H16O3S/c18-11-14(19)16(12-5-2-1-3-6-12)20-15-8-4-7-13-9-10-21-17(13)15/h1-10,14,16,18-19H,11H2/t14-,16?/m0/s1. The van der Waals surface area contributed by atoms with Gasteiger partial charge in [-0.3, -0.25) is 0 Å². The van der Waals surface area contributed by atoms with E-state index in [1.165, 1.54) is 0 Å². The maximum atomic E-state index is 10.1. The van der Waals surface area contributed by atoms with Gasteiger partial charge in [-0.15, -0.1) is 11.3 Å². The van der Waals surface area contributed by atoms with Crippen LogP contribution in [0.15, 0.2) is 60.0 Å². The van der Waals surface area contributed by atoms with Gasteiger partial charge in [0.1, 0.15) is 11.9 Å². The van der Waals surface area contributed by atoms with Gasteiger partial charge in [-0.05, 0) is 28.5 Å². The summed E-state index contributed by atoms with van der Waals surface area (Å²) >= 11 is 1.60. The van der Waals surface area contributed by atoms with Crippen molar-refractivity contribution in [1.29, 1.82) is 0 Å². The minimum atomic E-state index is -0.970. The summed E-state index contributed by atoms with van der Waals surface area (Å²) in [5.41, 5.74) is 0.840. The molecule has 3 nitrogen and oxygen atoms in total. The van der Waals surface area contributed by atoms with Crippen LogP contribution in [-0.4, -0.2) is 22.9 Å². The molecule has 3 aromatic rings. The summed E-state index contributed by atoms with van der Waals surface area (Å²) in [6.45, 7) is -0.347. The van der Waals surface area contributed by atoms with Crippen molar-refractivity contribution in [1.82, 2.24) is 0 Å². The van der Waals surface area contributed by atoms with Crippen molar-refractivity contribution in [2.75, 3.05) is 6.61 Å². The van der Waals surface area contributed by atoms with E-state index in [9.17, 15) is 10.2 Å². The molecule has 0 amide bonds. The van der Waals surface area contributed by atoms with Crippen LogP contribution in [-0.2, 0) is 0 Å². The lowest BCUT2D eigenvalue weighted by atomic mass is 10.0. The molecule has 0 bridgehead atoms. The Kier molecular flexibility index (Phi) is 4.20. The number of benzene rings is 2. The van der Waals surface area contributed by atoms with Gasteiger partial charge in [-0.25, -0.2) is 0 Å². The molecule has 2 atom stereocenters. The van der Waals surface area contributed by atoms with Crippen LogP contribution in [0.4, 0.5) is 0 Å². The Labute approximate surface area is 127 Å². The second kappa shape index (κ2) is 6.26. The van der Waals surface area contributed by atoms with Gasteiger partial charge in [0, 0.05) is 0 Å². The lowest BCUT2D eigenvalue weighted by Crippen LogP contribution is -2.27. The molecule has 0 saturated heterocycles. The predicted octanol–water partition coefficient (Wildman–Crippen LogP) is 3.37. The molecule has 0 aliphatic heterocycles. The fraction of sp³-hybridized carbons (Fsp3) is 0.176. The predicted molar refractivity (Wildman–Crippen MR) is 84.7 cm³/mol. The van der Waals surface area contributed by atoms with Gasteiger partial charge in [-0.2, -0.15) is 0 Å². The first-order chi connectivity index (χ1) is 10.3. The van der Waals surface area contributed by atoms with Crippen molar-refractivity contribution in [2.24, 2.45) is 0 Å². The van der Waals surface area contributed by atoms with E-state index < -0.39 is 12.2 Å². The first-order valence-electron chi connectivity index (χ1n) is 6.76. The van der Waals surface area contributed by atoms with Crippen molar-refractivity contribution in [3.05, 3.63) is 65.5 Å². The van der Waals surface area contributed by atoms with Crippen molar-refractivity contribution in [3.8, 4) is 5.75 Å². The first kappa shape index (κ1) is 14.1. The number of hydrogen-bond donors (Lipinski definition) is 2. The summed E-state index contributed by atoms with van der Waals surface area (Å²) in [5.74, 6) is 0.726. The molecule has 1 heterocycles. The van der Waals surface area contributed by atoms with E-state index in [4.69, 9.17) is 4.74 Å². The maximum absolute atomic E-state index is 10.1. The molecule has 0 fully saturated rings. The van der Waals surface area contributed by atoms with E-state index in [1.807, 2.05) is 60.0 Å². The van der Waals surface area contributed by atoms with E-state index in [1.54, 1.807) is 11.3 Å². The summed E-state index contributed by atoms with van der Waals surface area (Å²) in [5, 5.41) is 22.5. The third kappa shape index (κ3) is 2.93. The minimum Gasteiger partial charge on any atom is -0.481 e. The number of thiophene rings is 1. The van der Waals surface area contributed by atoms with Crippen LogP contribution >= 0.6 is 11.3 Å². The van der Waals surface area contributed by atoms with Crippen LogP contribution in [0.25, 0.3) is 10.1 Å². The molecule has 0 saturated carbocycles. The summed E-state index contributed by atoms with van der Waals surface area (Å²) in [6.07, 6.45) is -1.56. The zero-order chi connectivity index (χ0) is 14.7. The molecule has 0 spiro atoms. The highest BCUT2D eigenvalue weighted by Gasteiger charge is 2.23. The molecule has 2 aromatic carbocycles. The maximum Gasteiger partial charge on any atom is 0.152 e. The van der Waals surface area contributed by atoms with Gasteiger partial charge in [-0.1, -0.05) is 42.5 Å². The Bertz CT molecular complexity index is 708. The number of ether oxygens (including phenoxy) is 1. The fourth-order valence-corrected chi connectivity index (χ4v) is 3.16. The molecule has 4 heteroatoms. The van der Waals surface area contributed by atoms with Gasteiger partial charge >= 0.3 is 0 Å². The summed E-state index contributed by atoms with van der Waals surface area (Å²) in [4.78, 5) is 0. The van der Waals surface area contributed by atoms with Crippen molar-refractivity contribution >= 4 is 21.4 Å². The van der Waals surface area contributed by atoms with E-state index in [2.05, 4.69) is 0 Å². The zero-order valence-electron chi connectivity index (χ0n) is 11.3. The summed E-state index contributed by atoms with van der Waals surface area (Å²) in [6, 6.07) is 17.3. The Balaban J connectivity index is 1.97. The quantitative estimate of drug-likeness (QED) is 0.759. The van der Waals surface area contributed by atoms with E-state index >= 15 is 0 Å². The van der Waals surface area contributed by atoms with Gasteiger partial charge in [0.25, 0.3) is 0 Å². The van der Waals surface area contributed by atoms with Crippen molar-refractivity contribution in [2.45, 2.75) is 12.2 Å². The van der Waals surface area contributed by atoms with Crippen LogP contribution in [0.5, 0.6) is 5.75 Å². The molecule has 0 radical (unpaired) electrons. The normalized spacial score (nSPS) is 14.0. The minimum absolute atomic E-state index is 0.347. The molecule has 3 rings (SSSR count). The zero-order valence-corrected chi connectivity index (χ0v) is 12.2. The van der Waals surface area contributed by atoms with Crippen LogP contribution in [0.3, 0.4) is 0 Å². The third-order valence-corrected chi connectivity index (χ3v) is 4.31. The van der Waals surface area contributed by atoms with Crippen molar-refractivity contribution in [3.63, 3.8) is 0 Å². The van der Waals surface area contributed by atoms with Gasteiger partial charge in [0.15, 0.2) is 6.10 Å². The second-order valence-electron chi connectivity index (χ2n) is 4.79. The highest BCUT2D eigenvalue weighted by Crippen LogP contribution is 2.34. The number of rotatable bonds is 5. The summed E-state index contributed by atoms with van der Waals surface area (Å²) in [7, 11) is 0. The van der Waals surface area contributed by atoms with E-state index in [0.29, 0.717) is 0 Å². The first-order valence-corrected chi connectivity index (χ1v) is 7.64. The Morgan fingerprint density at radius 3 is 2.57 bits per heavy atom. The third-order valence-electron chi connectivity index (χ3n) is 3.36. The highest BCUT2D eigenvalue weighted by molar-refractivity contribution is 7.17. The topological polar surface area (TPSA) is 49.7 Å². The monoisotopic (exact) mass is 300 g/mol. The summed E-state index contributed by atoms with van der Waals surface area (Å²) < 4.78 is 7.07. The molecule has 21 heavy (non-hydrogen) atoms. The molecular formula is C17H16O3S. The molecule has 108 valence electrons.